The summed E-state index contributed by atoms with van der Waals surface area (Å²) < 4.78 is 78.3. The summed E-state index contributed by atoms with van der Waals surface area (Å²) in [5.74, 6) is -0.956. The molecule has 0 saturated heterocycles. The minimum atomic E-state index is -0.534. The van der Waals surface area contributed by atoms with Gasteiger partial charge in [0.2, 0.25) is 0 Å². The van der Waals surface area contributed by atoms with Crippen molar-refractivity contribution in [2.45, 2.75) is 12.3 Å². The van der Waals surface area contributed by atoms with E-state index in [0.29, 0.717) is 37.9 Å². The van der Waals surface area contributed by atoms with Gasteiger partial charge >= 0.3 is 64.9 Å². The molecule has 4 aromatic carbocycles. The zero-order valence-corrected chi connectivity index (χ0v) is 31.1. The summed E-state index contributed by atoms with van der Waals surface area (Å²) in [4.78, 5) is 23.9. The quantitative estimate of drug-likeness (QED) is 0.188. The Morgan fingerprint density at radius 1 is 0.769 bits per heavy atom. The van der Waals surface area contributed by atoms with Crippen molar-refractivity contribution in [2.24, 2.45) is 0 Å². The number of benzene rings is 4. The monoisotopic (exact) mass is 1050 g/mol. The van der Waals surface area contributed by atoms with Gasteiger partial charge in [0.05, 0.1) is 13.7 Å². The van der Waals surface area contributed by atoms with Gasteiger partial charge in [-0.25, -0.2) is 0 Å². The van der Waals surface area contributed by atoms with E-state index in [1.54, 1.807) is 30.3 Å². The molecule has 2 aliphatic rings. The van der Waals surface area contributed by atoms with Crippen LogP contribution in [0.15, 0.2) is 103 Å². The van der Waals surface area contributed by atoms with E-state index in [9.17, 15) is 9.59 Å². The zero-order chi connectivity index (χ0) is 35.9. The fraction of sp³-hybridized carbons (Fsp3) is 0.0667. The van der Waals surface area contributed by atoms with Crippen molar-refractivity contribution < 1.29 is 28.2 Å². The molecule has 2 aliphatic carbocycles. The van der Waals surface area contributed by atoms with E-state index in [-0.39, 0.29) is 94.3 Å². The first kappa shape index (κ1) is 21.7. The molecule has 4 aromatic rings. The molecule has 0 N–H and O–H groups in total. The van der Waals surface area contributed by atoms with Crippen LogP contribution in [-0.4, -0.2) is 11.6 Å². The Balaban J connectivity index is 0.000000235. The second-order valence-corrected chi connectivity index (χ2v) is 44.0. The van der Waals surface area contributed by atoms with Gasteiger partial charge in [0, 0.05) is 33.5 Å². The van der Waals surface area contributed by atoms with Gasteiger partial charge in [-0.3, -0.25) is 9.59 Å². The number of ketones is 2. The zero-order valence-electron chi connectivity index (χ0n) is 29.4. The van der Waals surface area contributed by atoms with Crippen LogP contribution in [0.1, 0.15) is 69.0 Å². The second-order valence-electron chi connectivity index (χ2n) is 7.75. The minimum absolute atomic E-state index is 0. The molecule has 0 aliphatic heterocycles. The normalized spacial score (nSPS) is 18.3. The van der Waals surface area contributed by atoms with E-state index in [1.165, 1.54) is 12.1 Å². The van der Waals surface area contributed by atoms with E-state index >= 15 is 0 Å². The molecule has 9 heteroatoms. The van der Waals surface area contributed by atoms with E-state index in [1.807, 2.05) is 0 Å². The van der Waals surface area contributed by atoms with Crippen molar-refractivity contribution in [1.29, 1.82) is 0 Å². The van der Waals surface area contributed by atoms with Gasteiger partial charge in [0.1, 0.15) is 0 Å². The third kappa shape index (κ3) is 9.02. The summed E-state index contributed by atoms with van der Waals surface area (Å²) in [6.45, 7) is 0. The summed E-state index contributed by atoms with van der Waals surface area (Å²) in [6, 6.07) is 5.95. The Morgan fingerprint density at radius 2 is 1.31 bits per heavy atom. The van der Waals surface area contributed by atoms with Crippen LogP contribution in [0.25, 0.3) is 5.57 Å². The van der Waals surface area contributed by atoms with Crippen LogP contribution < -0.4 is 0 Å². The first-order valence-corrected chi connectivity index (χ1v) is 25.0. The molecule has 0 saturated carbocycles. The molecule has 2 nitrogen and oxygen atoms in total. The average Bonchev–Trinajstić information content (AvgIpc) is 3.52. The maximum absolute atomic E-state index is 12.1. The molecular weight excluding hydrogens is 1020 g/mol. The van der Waals surface area contributed by atoms with Gasteiger partial charge in [-0.1, -0.05) is 95.8 Å². The summed E-state index contributed by atoms with van der Waals surface area (Å²) in [7, 11) is 0. The van der Waals surface area contributed by atoms with Crippen LogP contribution in [0.3, 0.4) is 0 Å². The van der Waals surface area contributed by atoms with Crippen LogP contribution in [0.4, 0.5) is 0 Å². The molecule has 6 rings (SSSR count). The summed E-state index contributed by atoms with van der Waals surface area (Å²) in [5.41, 5.74) is 2.54. The summed E-state index contributed by atoms with van der Waals surface area (Å²) in [6.07, 6.45) is 1.37. The topological polar surface area (TPSA) is 34.1 Å². The van der Waals surface area contributed by atoms with Crippen molar-refractivity contribution in [1.82, 2.24) is 0 Å². The molecule has 0 radical (unpaired) electrons. The van der Waals surface area contributed by atoms with Crippen LogP contribution in [0.2, 0.25) is 10.0 Å². The summed E-state index contributed by atoms with van der Waals surface area (Å²) in [5, 5.41) is 0.844. The number of rotatable bonds is 2. The predicted octanol–water partition coefficient (Wildman–Crippen LogP) is 11.3. The Kier molecular flexibility index (Phi) is 8.92. The van der Waals surface area contributed by atoms with E-state index in [4.69, 9.17) is 36.9 Å². The number of fused-ring (bicyclic) bond motifs is 2. The average molecular weight is 1050 g/mol. The number of allylic oxidation sites excluding steroid dienone is 1. The van der Waals surface area contributed by atoms with Gasteiger partial charge < -0.3 is 0 Å². The number of carbonyl (C=O) groups excluding carboxylic acids is 2. The van der Waals surface area contributed by atoms with Gasteiger partial charge in [0.15, 0.2) is 11.6 Å². The molecule has 0 fully saturated rings. The molecule has 39 heavy (non-hydrogen) atoms. The molecule has 1 unspecified atom stereocenters. The van der Waals surface area contributed by atoms with Gasteiger partial charge in [-0.05, 0) is 58.2 Å². The van der Waals surface area contributed by atoms with Crippen LogP contribution in [0.5, 0.6) is 0 Å². The molecule has 200 valence electrons. The predicted molar refractivity (Wildman–Crippen MR) is 195 cm³/mol. The van der Waals surface area contributed by atoms with Crippen LogP contribution in [-0.2, 0) is 4.92 Å². The molecular formula is C30H21Cl2I4O2V. The van der Waals surface area contributed by atoms with E-state index in [2.05, 4.69) is 59.9 Å². The SMILES string of the molecule is I.[2H]c1c([2H])c([2H])c(C2=CC(=O)c3cc(Cl)ccc32)c([2H])c1[2H].[2H]c1c([2H])c([2H])c(C2CC(=O)c3cc(Cl)ccc32)c([2H])c1[2H].[I][V]([I])[I]. The second kappa shape index (κ2) is 16.0. The van der Waals surface area contributed by atoms with Crippen molar-refractivity contribution >= 4 is 124 Å². The number of Topliss-reactive ketones (excluding diaryl/α,β-unsaturated/α-hetero) is 1. The molecule has 0 amide bonds. The number of hydrogen-bond donors (Lipinski definition) is 0. The molecule has 0 spiro atoms. The summed E-state index contributed by atoms with van der Waals surface area (Å²) >= 11 is 19.2. The molecule has 1 atom stereocenters. The third-order valence-electron chi connectivity index (χ3n) is 5.53. The van der Waals surface area contributed by atoms with E-state index in [0.717, 1.165) is 0 Å². The standard InChI is InChI=1S/C15H11ClO.C15H9ClO.4HI.V/c2*16-11-6-7-12-13(9-15(17)14(12)8-11)10-4-2-1-3-5-10;;;;;/h1-8,13H,9H2;1-9H;4*1H;/q;;;;;;+3/p-3/i2*1D,2D,3D,4D,5D;;;;;. The van der Waals surface area contributed by atoms with Gasteiger partial charge in [0.25, 0.3) is 0 Å². The van der Waals surface area contributed by atoms with Crippen molar-refractivity contribution in [3.63, 3.8) is 0 Å². The first-order valence-electron chi connectivity index (χ1n) is 15.7. The number of hydrogen-bond acceptors (Lipinski definition) is 2. The van der Waals surface area contributed by atoms with E-state index < -0.39 is 30.1 Å². The maximum atomic E-state index is 12.1. The van der Waals surface area contributed by atoms with Gasteiger partial charge in [-0.15, -0.1) is 24.0 Å². The molecule has 0 aromatic heterocycles. The first-order chi connectivity index (χ1) is 22.4. The fourth-order valence-corrected chi connectivity index (χ4v) is 4.35. The van der Waals surface area contributed by atoms with Crippen molar-refractivity contribution in [3.05, 3.63) is 146 Å². The Morgan fingerprint density at radius 3 is 1.92 bits per heavy atom. The van der Waals surface area contributed by atoms with Gasteiger partial charge in [-0.2, -0.15) is 0 Å². The van der Waals surface area contributed by atoms with Crippen LogP contribution >= 0.6 is 107 Å². The Hall–Kier alpha value is 0.0444. The Labute approximate surface area is 307 Å². The molecule has 0 heterocycles. The number of carbonyl (C=O) groups is 2. The van der Waals surface area contributed by atoms with Crippen molar-refractivity contribution in [2.75, 3.05) is 0 Å². The fourth-order valence-electron chi connectivity index (χ4n) is 4.00. The van der Waals surface area contributed by atoms with Crippen LogP contribution in [0, 0.1) is 0 Å². The third-order valence-corrected chi connectivity index (χ3v) is 6.00. The Bertz CT molecular complexity index is 1980. The van der Waals surface area contributed by atoms with Crippen molar-refractivity contribution in [3.8, 4) is 0 Å². The molecule has 0 bridgehead atoms. The number of halogens is 6.